The number of aliphatic hydroxyl groups excluding tert-OH is 1. The third-order valence-corrected chi connectivity index (χ3v) is 4.57. The van der Waals surface area contributed by atoms with Crippen LogP contribution in [-0.4, -0.2) is 40.6 Å². The lowest BCUT2D eigenvalue weighted by Crippen LogP contribution is -2.44. The number of hydrogen-bond donors (Lipinski definition) is 2. The first-order valence-corrected chi connectivity index (χ1v) is 8.20. The van der Waals surface area contributed by atoms with Gasteiger partial charge in [0.1, 0.15) is 5.82 Å². The largest absolute Gasteiger partial charge is 0.391 e. The van der Waals surface area contributed by atoms with Gasteiger partial charge in [-0.15, -0.1) is 0 Å². The number of anilines is 1. The Morgan fingerprint density at radius 2 is 2.10 bits per heavy atom. The zero-order valence-corrected chi connectivity index (χ0v) is 13.9. The summed E-state index contributed by atoms with van der Waals surface area (Å²) in [6.45, 7) is 6.10. The van der Waals surface area contributed by atoms with Gasteiger partial charge in [0.2, 0.25) is 0 Å². The van der Waals surface area contributed by atoms with Gasteiger partial charge in [-0.2, -0.15) is 5.10 Å². The Hall–Kier alpha value is -1.07. The molecule has 0 amide bonds. The first-order valence-electron chi connectivity index (χ1n) is 8.20. The average molecular weight is 294 g/mol. The fourth-order valence-electron chi connectivity index (χ4n) is 3.43. The van der Waals surface area contributed by atoms with Crippen LogP contribution in [0.25, 0.3) is 0 Å². The average Bonchev–Trinajstić information content (AvgIpc) is 2.73. The first-order chi connectivity index (χ1) is 10.1. The SMILES string of the molecule is CCCNCc1c(C)nn(C)c1N(C)C1CCCCC1O. The lowest BCUT2D eigenvalue weighted by molar-refractivity contribution is 0.105. The second kappa shape index (κ2) is 7.27. The highest BCUT2D eigenvalue weighted by Crippen LogP contribution is 2.29. The van der Waals surface area contributed by atoms with Gasteiger partial charge in [0, 0.05) is 26.2 Å². The zero-order chi connectivity index (χ0) is 15.4. The quantitative estimate of drug-likeness (QED) is 0.788. The maximum Gasteiger partial charge on any atom is 0.131 e. The molecule has 1 saturated carbocycles. The van der Waals surface area contributed by atoms with E-state index in [-0.39, 0.29) is 12.1 Å². The molecule has 2 atom stereocenters. The molecule has 21 heavy (non-hydrogen) atoms. The van der Waals surface area contributed by atoms with Crippen LogP contribution in [0, 0.1) is 6.92 Å². The highest BCUT2D eigenvalue weighted by atomic mass is 16.3. The van der Waals surface area contributed by atoms with Crippen LogP contribution >= 0.6 is 0 Å². The van der Waals surface area contributed by atoms with E-state index < -0.39 is 0 Å². The number of hydrogen-bond acceptors (Lipinski definition) is 4. The summed E-state index contributed by atoms with van der Waals surface area (Å²) < 4.78 is 1.96. The minimum atomic E-state index is -0.226. The Morgan fingerprint density at radius 1 is 1.38 bits per heavy atom. The third-order valence-electron chi connectivity index (χ3n) is 4.57. The van der Waals surface area contributed by atoms with Crippen LogP contribution in [0.5, 0.6) is 0 Å². The van der Waals surface area contributed by atoms with Crippen molar-refractivity contribution >= 4 is 5.82 Å². The molecule has 5 nitrogen and oxygen atoms in total. The van der Waals surface area contributed by atoms with Crippen LogP contribution < -0.4 is 10.2 Å². The van der Waals surface area contributed by atoms with Crippen LogP contribution in [0.1, 0.15) is 50.3 Å². The number of likely N-dealkylation sites (N-methyl/N-ethyl adjacent to an activating group) is 1. The van der Waals surface area contributed by atoms with Crippen molar-refractivity contribution < 1.29 is 5.11 Å². The topological polar surface area (TPSA) is 53.3 Å². The molecule has 1 aromatic heterocycles. The van der Waals surface area contributed by atoms with Crippen molar-refractivity contribution in [1.29, 1.82) is 0 Å². The Kier molecular flexibility index (Phi) is 5.65. The van der Waals surface area contributed by atoms with E-state index in [2.05, 4.69) is 36.2 Å². The number of nitrogens with zero attached hydrogens (tertiary/aromatic N) is 3. The zero-order valence-electron chi connectivity index (χ0n) is 13.9. The molecule has 120 valence electrons. The standard InChI is InChI=1S/C16H30N4O/c1-5-10-17-11-13-12(2)18-20(4)16(13)19(3)14-8-6-7-9-15(14)21/h14-15,17,21H,5-11H2,1-4H3. The molecule has 2 unspecified atom stereocenters. The normalized spacial score (nSPS) is 22.5. The minimum absolute atomic E-state index is 0.207. The van der Waals surface area contributed by atoms with Gasteiger partial charge in [-0.3, -0.25) is 4.68 Å². The summed E-state index contributed by atoms with van der Waals surface area (Å²) in [6, 6.07) is 0.207. The van der Waals surface area contributed by atoms with Crippen LogP contribution in [-0.2, 0) is 13.6 Å². The molecular formula is C16H30N4O. The molecule has 1 aromatic rings. The summed E-state index contributed by atoms with van der Waals surface area (Å²) in [5.74, 6) is 1.14. The molecule has 0 spiro atoms. The van der Waals surface area contributed by atoms with Crippen LogP contribution in [0.3, 0.4) is 0 Å². The molecule has 1 fully saturated rings. The van der Waals surface area contributed by atoms with Crippen molar-refractivity contribution in [2.24, 2.45) is 7.05 Å². The molecule has 1 aliphatic rings. The molecule has 2 rings (SSSR count). The molecule has 0 radical (unpaired) electrons. The van der Waals surface area contributed by atoms with Crippen LogP contribution in [0.2, 0.25) is 0 Å². The summed E-state index contributed by atoms with van der Waals surface area (Å²) >= 11 is 0. The fraction of sp³-hybridized carbons (Fsp3) is 0.812. The van der Waals surface area contributed by atoms with E-state index in [1.54, 1.807) is 0 Å². The van der Waals surface area contributed by atoms with Gasteiger partial charge in [0.25, 0.3) is 0 Å². The van der Waals surface area contributed by atoms with E-state index in [4.69, 9.17) is 0 Å². The van der Waals surface area contributed by atoms with Gasteiger partial charge >= 0.3 is 0 Å². The van der Waals surface area contributed by atoms with Crippen molar-refractivity contribution in [3.8, 4) is 0 Å². The number of aryl methyl sites for hydroxylation is 2. The fourth-order valence-corrected chi connectivity index (χ4v) is 3.43. The van der Waals surface area contributed by atoms with Crippen molar-refractivity contribution in [2.75, 3.05) is 18.5 Å². The lowest BCUT2D eigenvalue weighted by atomic mass is 9.91. The maximum atomic E-state index is 10.3. The van der Waals surface area contributed by atoms with Gasteiger partial charge < -0.3 is 15.3 Å². The van der Waals surface area contributed by atoms with Gasteiger partial charge in [0.15, 0.2) is 0 Å². The molecule has 2 N–H and O–H groups in total. The van der Waals surface area contributed by atoms with E-state index >= 15 is 0 Å². The van der Waals surface area contributed by atoms with E-state index in [9.17, 15) is 5.11 Å². The van der Waals surface area contributed by atoms with Crippen molar-refractivity contribution in [3.05, 3.63) is 11.3 Å². The lowest BCUT2D eigenvalue weighted by Gasteiger charge is -2.37. The van der Waals surface area contributed by atoms with E-state index in [1.165, 1.54) is 12.0 Å². The Balaban J connectivity index is 2.20. The summed E-state index contributed by atoms with van der Waals surface area (Å²) in [7, 11) is 4.09. The summed E-state index contributed by atoms with van der Waals surface area (Å²) in [5, 5.41) is 18.4. The van der Waals surface area contributed by atoms with E-state index in [1.807, 2.05) is 11.7 Å². The second-order valence-electron chi connectivity index (χ2n) is 6.22. The number of nitrogens with one attached hydrogen (secondary N) is 1. The van der Waals surface area contributed by atoms with E-state index in [0.29, 0.717) is 0 Å². The van der Waals surface area contributed by atoms with Gasteiger partial charge in [-0.1, -0.05) is 19.8 Å². The molecule has 0 aromatic carbocycles. The second-order valence-corrected chi connectivity index (χ2v) is 6.22. The van der Waals surface area contributed by atoms with Crippen LogP contribution in [0.4, 0.5) is 5.82 Å². The molecule has 5 heteroatoms. The smallest absolute Gasteiger partial charge is 0.131 e. The Morgan fingerprint density at radius 3 is 2.76 bits per heavy atom. The molecule has 0 saturated heterocycles. The molecule has 0 bridgehead atoms. The highest BCUT2D eigenvalue weighted by molar-refractivity contribution is 5.50. The molecule has 0 aliphatic heterocycles. The summed E-state index contributed by atoms with van der Waals surface area (Å²) in [5.41, 5.74) is 2.33. The maximum absolute atomic E-state index is 10.3. The van der Waals surface area contributed by atoms with Gasteiger partial charge in [-0.05, 0) is 32.7 Å². The molecule has 1 heterocycles. The van der Waals surface area contributed by atoms with Crippen molar-refractivity contribution in [3.63, 3.8) is 0 Å². The number of rotatable bonds is 6. The molecule has 1 aliphatic carbocycles. The summed E-state index contributed by atoms with van der Waals surface area (Å²) in [4.78, 5) is 2.24. The van der Waals surface area contributed by atoms with Crippen LogP contribution in [0.15, 0.2) is 0 Å². The summed E-state index contributed by atoms with van der Waals surface area (Å²) in [6.07, 6.45) is 5.22. The Labute approximate surface area is 128 Å². The van der Waals surface area contributed by atoms with Crippen molar-refractivity contribution in [1.82, 2.24) is 15.1 Å². The number of aliphatic hydroxyl groups is 1. The Bertz CT molecular complexity index is 457. The third kappa shape index (κ3) is 3.58. The van der Waals surface area contributed by atoms with E-state index in [0.717, 1.165) is 50.3 Å². The minimum Gasteiger partial charge on any atom is -0.391 e. The number of aromatic nitrogens is 2. The highest BCUT2D eigenvalue weighted by Gasteiger charge is 2.30. The monoisotopic (exact) mass is 294 g/mol. The van der Waals surface area contributed by atoms with Gasteiger partial charge in [-0.25, -0.2) is 0 Å². The first kappa shape index (κ1) is 16.3. The predicted molar refractivity (Wildman–Crippen MR) is 86.6 cm³/mol. The molecular weight excluding hydrogens is 264 g/mol. The van der Waals surface area contributed by atoms with Crippen molar-refractivity contribution in [2.45, 2.75) is 64.6 Å². The van der Waals surface area contributed by atoms with Gasteiger partial charge in [0.05, 0.1) is 17.8 Å². The predicted octanol–water partition coefficient (Wildman–Crippen LogP) is 1.97.